The van der Waals surface area contributed by atoms with Crippen LogP contribution in [-0.4, -0.2) is 22.3 Å². The minimum atomic E-state index is -4.47. The molecule has 25 heavy (non-hydrogen) atoms. The minimum absolute atomic E-state index is 0.0738. The van der Waals surface area contributed by atoms with Gasteiger partial charge in [0, 0.05) is 17.2 Å². The quantitative estimate of drug-likeness (QED) is 0.540. The number of fused-ring (bicyclic) bond motifs is 1. The lowest BCUT2D eigenvalue weighted by Gasteiger charge is -2.08. The van der Waals surface area contributed by atoms with E-state index in [2.05, 4.69) is 4.98 Å². The van der Waals surface area contributed by atoms with Crippen LogP contribution >= 0.6 is 11.6 Å². The third-order valence-electron chi connectivity index (χ3n) is 3.41. The number of rotatable bonds is 3. The minimum Gasteiger partial charge on any atom is -0.306 e. The van der Waals surface area contributed by atoms with Gasteiger partial charge in [-0.25, -0.2) is 13.2 Å². The summed E-state index contributed by atoms with van der Waals surface area (Å²) in [4.78, 5) is 36.6. The van der Waals surface area contributed by atoms with Crippen LogP contribution in [0.25, 0.3) is 10.9 Å². The Bertz CT molecular complexity index is 1230. The van der Waals surface area contributed by atoms with Crippen LogP contribution in [0, 0.1) is 10.1 Å². The first-order valence-electron chi connectivity index (χ1n) is 6.66. The average molecular weight is 382 g/mol. The first-order chi connectivity index (χ1) is 11.7. The highest BCUT2D eigenvalue weighted by Gasteiger charge is 2.23. The van der Waals surface area contributed by atoms with Crippen molar-refractivity contribution in [1.82, 2.24) is 8.96 Å². The zero-order valence-electron chi connectivity index (χ0n) is 12.2. The zero-order chi connectivity index (χ0) is 18.4. The first-order valence-corrected chi connectivity index (χ1v) is 8.48. The molecule has 1 N–H and O–H groups in total. The van der Waals surface area contributed by atoms with Crippen molar-refractivity contribution >= 4 is 38.2 Å². The van der Waals surface area contributed by atoms with E-state index in [-0.39, 0.29) is 30.5 Å². The summed E-state index contributed by atoms with van der Waals surface area (Å²) in [6.07, 6.45) is 0. The van der Waals surface area contributed by atoms with Gasteiger partial charge in [-0.05, 0) is 30.3 Å². The molecule has 0 aliphatic rings. The summed E-state index contributed by atoms with van der Waals surface area (Å²) in [5.41, 5.74) is -2.82. The molecule has 1 aromatic heterocycles. The van der Waals surface area contributed by atoms with E-state index >= 15 is 0 Å². The van der Waals surface area contributed by atoms with Gasteiger partial charge in [-0.15, -0.1) is 3.97 Å². The number of H-pyrrole nitrogens is 1. The van der Waals surface area contributed by atoms with Crippen LogP contribution in [0.5, 0.6) is 0 Å². The molecule has 0 saturated heterocycles. The number of aromatic nitrogens is 2. The molecule has 0 amide bonds. The van der Waals surface area contributed by atoms with E-state index in [1.807, 2.05) is 0 Å². The predicted molar refractivity (Wildman–Crippen MR) is 89.5 cm³/mol. The average Bonchev–Trinajstić information content (AvgIpc) is 2.54. The number of nitrogens with zero attached hydrogens (tertiary/aromatic N) is 2. The molecule has 0 spiro atoms. The molecule has 0 atom stereocenters. The number of nitro groups is 1. The standard InChI is InChI=1S/C14H8ClN3O6S/c15-8-1-4-10(5-2-8)25(23,24)17-13(19)11-6-3-9(18(21)22)7-12(11)16-14(17)20/h1-7H,(H,16,20). The SMILES string of the molecule is O=c1[nH]c2cc([N+](=O)[O-])ccc2c(=O)n1S(=O)(=O)c1ccc(Cl)cc1. The Morgan fingerprint density at radius 1 is 1.08 bits per heavy atom. The Hall–Kier alpha value is -2.98. The molecule has 2 aromatic carbocycles. The molecule has 11 heteroatoms. The molecule has 0 fully saturated rings. The van der Waals surface area contributed by atoms with Gasteiger partial charge in [-0.1, -0.05) is 11.6 Å². The molecule has 0 unspecified atom stereocenters. The molecule has 128 valence electrons. The van der Waals surface area contributed by atoms with Crippen molar-refractivity contribution in [2.45, 2.75) is 4.90 Å². The Kier molecular flexibility index (Phi) is 3.93. The summed E-state index contributed by atoms with van der Waals surface area (Å²) in [5, 5.41) is 10.9. The molecular weight excluding hydrogens is 374 g/mol. The van der Waals surface area contributed by atoms with E-state index in [4.69, 9.17) is 11.6 Å². The van der Waals surface area contributed by atoms with Gasteiger partial charge in [0.25, 0.3) is 21.3 Å². The van der Waals surface area contributed by atoms with Crippen molar-refractivity contribution < 1.29 is 13.3 Å². The number of non-ortho nitro benzene ring substituents is 1. The lowest BCUT2D eigenvalue weighted by Crippen LogP contribution is -2.39. The molecule has 0 aliphatic heterocycles. The van der Waals surface area contributed by atoms with E-state index in [0.717, 1.165) is 30.3 Å². The zero-order valence-corrected chi connectivity index (χ0v) is 13.7. The third kappa shape index (κ3) is 2.81. The van der Waals surface area contributed by atoms with E-state index in [0.29, 0.717) is 0 Å². The normalized spacial score (nSPS) is 11.6. The highest BCUT2D eigenvalue weighted by Crippen LogP contribution is 2.18. The van der Waals surface area contributed by atoms with Crippen molar-refractivity contribution in [3.05, 3.63) is 78.4 Å². The number of hydrogen-bond acceptors (Lipinski definition) is 6. The third-order valence-corrected chi connectivity index (χ3v) is 5.34. The van der Waals surface area contributed by atoms with Gasteiger partial charge in [-0.2, -0.15) is 0 Å². The molecule has 0 aliphatic carbocycles. The number of nitrogens with one attached hydrogen (secondary N) is 1. The number of benzene rings is 2. The number of aromatic amines is 1. The Morgan fingerprint density at radius 2 is 1.72 bits per heavy atom. The monoisotopic (exact) mass is 381 g/mol. The second-order valence-corrected chi connectivity index (χ2v) is 7.17. The van der Waals surface area contributed by atoms with Crippen molar-refractivity contribution in [1.29, 1.82) is 0 Å². The van der Waals surface area contributed by atoms with Gasteiger partial charge in [0.15, 0.2) is 0 Å². The Balaban J connectivity index is 2.32. The van der Waals surface area contributed by atoms with Crippen LogP contribution in [0.3, 0.4) is 0 Å². The second kappa shape index (κ2) is 5.83. The molecule has 0 radical (unpaired) electrons. The number of nitro benzene ring substituents is 1. The van der Waals surface area contributed by atoms with Gasteiger partial charge in [0.1, 0.15) is 0 Å². The summed E-state index contributed by atoms with van der Waals surface area (Å²) >= 11 is 5.70. The van der Waals surface area contributed by atoms with Crippen LogP contribution in [-0.2, 0) is 10.0 Å². The van der Waals surface area contributed by atoms with Gasteiger partial charge in [0.2, 0.25) is 0 Å². The lowest BCUT2D eigenvalue weighted by molar-refractivity contribution is -0.384. The van der Waals surface area contributed by atoms with Crippen LogP contribution in [0.4, 0.5) is 5.69 Å². The lowest BCUT2D eigenvalue weighted by atomic mass is 10.2. The van der Waals surface area contributed by atoms with E-state index in [9.17, 15) is 28.1 Å². The van der Waals surface area contributed by atoms with E-state index in [1.54, 1.807) is 0 Å². The summed E-state index contributed by atoms with van der Waals surface area (Å²) in [6, 6.07) is 8.03. The predicted octanol–water partition coefficient (Wildman–Crippen LogP) is 1.49. The summed E-state index contributed by atoms with van der Waals surface area (Å²) in [6.45, 7) is 0. The summed E-state index contributed by atoms with van der Waals surface area (Å²) < 4.78 is 25.3. The van der Waals surface area contributed by atoms with Gasteiger partial charge < -0.3 is 4.98 Å². The fraction of sp³-hybridized carbons (Fsp3) is 0. The largest absolute Gasteiger partial charge is 0.343 e. The van der Waals surface area contributed by atoms with E-state index < -0.39 is 26.2 Å². The van der Waals surface area contributed by atoms with Gasteiger partial charge in [0.05, 0.1) is 20.7 Å². The van der Waals surface area contributed by atoms with Crippen molar-refractivity contribution in [3.63, 3.8) is 0 Å². The van der Waals surface area contributed by atoms with E-state index in [1.165, 1.54) is 12.1 Å². The molecule has 1 heterocycles. The number of hydrogen-bond donors (Lipinski definition) is 1. The van der Waals surface area contributed by atoms with Crippen molar-refractivity contribution in [2.75, 3.05) is 0 Å². The molecule has 3 aromatic rings. The maximum Gasteiger partial charge on any atom is 0.343 e. The highest BCUT2D eigenvalue weighted by atomic mass is 35.5. The van der Waals surface area contributed by atoms with Crippen LogP contribution < -0.4 is 11.2 Å². The Labute approximate surface area is 144 Å². The summed E-state index contributed by atoms with van der Waals surface area (Å²) in [5.74, 6) is 0. The maximum atomic E-state index is 12.6. The fourth-order valence-corrected chi connectivity index (χ4v) is 3.63. The molecule has 0 saturated carbocycles. The van der Waals surface area contributed by atoms with Gasteiger partial charge in [-0.3, -0.25) is 14.9 Å². The Morgan fingerprint density at radius 3 is 2.32 bits per heavy atom. The van der Waals surface area contributed by atoms with Crippen LogP contribution in [0.15, 0.2) is 56.9 Å². The molecule has 9 nitrogen and oxygen atoms in total. The molecule has 3 rings (SSSR count). The van der Waals surface area contributed by atoms with Crippen molar-refractivity contribution in [3.8, 4) is 0 Å². The molecular formula is C14H8ClN3O6S. The highest BCUT2D eigenvalue weighted by molar-refractivity contribution is 7.90. The van der Waals surface area contributed by atoms with Crippen molar-refractivity contribution in [2.24, 2.45) is 0 Å². The smallest absolute Gasteiger partial charge is 0.306 e. The second-order valence-electron chi connectivity index (χ2n) is 4.95. The first kappa shape index (κ1) is 16.9. The maximum absolute atomic E-state index is 12.6. The van der Waals surface area contributed by atoms with Crippen LogP contribution in [0.1, 0.15) is 0 Å². The fourth-order valence-electron chi connectivity index (χ4n) is 2.23. The number of halogens is 1. The van der Waals surface area contributed by atoms with Gasteiger partial charge >= 0.3 is 5.69 Å². The molecule has 0 bridgehead atoms. The topological polar surface area (TPSA) is 132 Å². The van der Waals surface area contributed by atoms with Crippen LogP contribution in [0.2, 0.25) is 5.02 Å². The summed E-state index contributed by atoms with van der Waals surface area (Å²) in [7, 11) is -4.47.